The zero-order chi connectivity index (χ0) is 27.4. The molecule has 3 heterocycles. The van der Waals surface area contributed by atoms with Crippen molar-refractivity contribution in [1.82, 2.24) is 9.78 Å². The average molecular weight is 523 g/mol. The van der Waals surface area contributed by atoms with Gasteiger partial charge >= 0.3 is 0 Å². The van der Waals surface area contributed by atoms with Crippen LogP contribution in [0.5, 0.6) is 0 Å². The van der Waals surface area contributed by atoms with E-state index in [1.165, 1.54) is 22.3 Å². The molecule has 0 amide bonds. The van der Waals surface area contributed by atoms with E-state index in [1.54, 1.807) is 0 Å². The molecule has 0 aliphatic carbocycles. The van der Waals surface area contributed by atoms with Gasteiger partial charge in [0, 0.05) is 11.3 Å². The van der Waals surface area contributed by atoms with Gasteiger partial charge in [-0.1, -0.05) is 66.2 Å². The van der Waals surface area contributed by atoms with E-state index in [0.717, 1.165) is 45.7 Å². The van der Waals surface area contributed by atoms with Crippen molar-refractivity contribution in [2.24, 2.45) is 9.98 Å². The Hall–Kier alpha value is -4.97. The summed E-state index contributed by atoms with van der Waals surface area (Å²) in [4.78, 5) is 12.8. The van der Waals surface area contributed by atoms with Gasteiger partial charge < -0.3 is 10.2 Å². The molecule has 7 rings (SSSR count). The molecule has 0 saturated heterocycles. The fourth-order valence-corrected chi connectivity index (χ4v) is 5.71. The fourth-order valence-electron chi connectivity index (χ4n) is 5.71. The molecule has 1 N–H and O–H groups in total. The smallest absolute Gasteiger partial charge is 0.179 e. The van der Waals surface area contributed by atoms with Crippen LogP contribution < -0.4 is 10.2 Å². The van der Waals surface area contributed by atoms with Gasteiger partial charge in [0.25, 0.3) is 0 Å². The number of aryl methyl sites for hydroxylation is 4. The Morgan fingerprint density at radius 1 is 0.725 bits per heavy atom. The molecule has 0 fully saturated rings. The summed E-state index contributed by atoms with van der Waals surface area (Å²) < 4.78 is 1.98. The summed E-state index contributed by atoms with van der Waals surface area (Å²) in [5, 5.41) is 8.66. The Labute approximate surface area is 234 Å². The van der Waals surface area contributed by atoms with Gasteiger partial charge in [0.05, 0.1) is 28.8 Å². The van der Waals surface area contributed by atoms with E-state index in [0.29, 0.717) is 5.84 Å². The molecule has 6 nitrogen and oxygen atoms in total. The minimum Gasteiger partial charge on any atom is -0.337 e. The number of fused-ring (bicyclic) bond motifs is 4. The van der Waals surface area contributed by atoms with Crippen molar-refractivity contribution >= 4 is 34.6 Å². The van der Waals surface area contributed by atoms with Gasteiger partial charge in [0.15, 0.2) is 17.5 Å². The second kappa shape index (κ2) is 9.35. The van der Waals surface area contributed by atoms with E-state index in [-0.39, 0.29) is 6.04 Å². The second-order valence-corrected chi connectivity index (χ2v) is 10.6. The number of benzene rings is 4. The van der Waals surface area contributed by atoms with Gasteiger partial charge in [-0.2, -0.15) is 5.10 Å². The Morgan fingerprint density at radius 2 is 1.50 bits per heavy atom. The van der Waals surface area contributed by atoms with E-state index in [1.807, 2.05) is 10.7 Å². The number of aliphatic imine (C=N–C) groups is 2. The summed E-state index contributed by atoms with van der Waals surface area (Å²) in [6.45, 7) is 8.46. The normalized spacial score (nSPS) is 15.5. The third-order valence-electron chi connectivity index (χ3n) is 7.68. The van der Waals surface area contributed by atoms with Gasteiger partial charge in [-0.05, 0) is 80.8 Å². The van der Waals surface area contributed by atoms with Crippen molar-refractivity contribution in [1.29, 1.82) is 0 Å². The van der Waals surface area contributed by atoms with E-state index in [2.05, 4.69) is 129 Å². The van der Waals surface area contributed by atoms with Crippen LogP contribution in [0.1, 0.15) is 39.6 Å². The Morgan fingerprint density at radius 3 is 2.30 bits per heavy atom. The van der Waals surface area contributed by atoms with Crippen molar-refractivity contribution in [3.8, 4) is 5.69 Å². The molecule has 0 spiro atoms. The molecular formula is C34H30N6. The zero-order valence-electron chi connectivity index (χ0n) is 23.1. The lowest BCUT2D eigenvalue weighted by Crippen LogP contribution is -2.46. The van der Waals surface area contributed by atoms with Crippen molar-refractivity contribution < 1.29 is 0 Å². The topological polar surface area (TPSA) is 57.8 Å². The number of para-hydroxylation sites is 2. The van der Waals surface area contributed by atoms with Crippen LogP contribution in [0.15, 0.2) is 107 Å². The van der Waals surface area contributed by atoms with Crippen LogP contribution in [0.2, 0.25) is 0 Å². The first-order valence-corrected chi connectivity index (χ1v) is 13.6. The predicted octanol–water partition coefficient (Wildman–Crippen LogP) is 7.90. The first kappa shape index (κ1) is 24.1. The number of hydrogen-bond donors (Lipinski definition) is 1. The molecule has 6 heteroatoms. The lowest BCUT2D eigenvalue weighted by molar-refractivity contribution is 0.809. The van der Waals surface area contributed by atoms with E-state index >= 15 is 0 Å². The molecular weight excluding hydrogens is 492 g/mol. The molecule has 2 aliphatic rings. The summed E-state index contributed by atoms with van der Waals surface area (Å²) in [6, 6.07) is 33.6. The number of nitrogens with one attached hydrogen (secondary N) is 1. The molecule has 1 unspecified atom stereocenters. The molecule has 2 aliphatic heterocycles. The van der Waals surface area contributed by atoms with Crippen molar-refractivity contribution in [2.45, 2.75) is 33.7 Å². The fraction of sp³-hybridized carbons (Fsp3) is 0.147. The molecule has 0 bridgehead atoms. The zero-order valence-corrected chi connectivity index (χ0v) is 23.1. The molecule has 1 atom stereocenters. The molecule has 0 radical (unpaired) electrons. The first-order chi connectivity index (χ1) is 19.5. The maximum absolute atomic E-state index is 5.34. The Kier molecular flexibility index (Phi) is 5.63. The Balaban J connectivity index is 1.51. The molecule has 0 saturated carbocycles. The number of aromatic nitrogens is 2. The van der Waals surface area contributed by atoms with Gasteiger partial charge in [0.1, 0.15) is 0 Å². The van der Waals surface area contributed by atoms with Crippen molar-refractivity contribution in [2.75, 3.05) is 10.2 Å². The number of amidine groups is 2. The first-order valence-electron chi connectivity index (χ1n) is 13.6. The quantitative estimate of drug-likeness (QED) is 0.262. The van der Waals surface area contributed by atoms with Crippen molar-refractivity contribution in [3.05, 3.63) is 131 Å². The van der Waals surface area contributed by atoms with Crippen LogP contribution in [0.25, 0.3) is 5.69 Å². The lowest BCUT2D eigenvalue weighted by atomic mass is 9.90. The van der Waals surface area contributed by atoms with Gasteiger partial charge in [-0.3, -0.25) is 0 Å². The van der Waals surface area contributed by atoms with E-state index < -0.39 is 0 Å². The second-order valence-electron chi connectivity index (χ2n) is 10.6. The average Bonchev–Trinajstić information content (AvgIpc) is 3.29. The summed E-state index contributed by atoms with van der Waals surface area (Å²) in [7, 11) is 0. The summed E-state index contributed by atoms with van der Waals surface area (Å²) in [6.07, 6.45) is 0. The highest BCUT2D eigenvalue weighted by Crippen LogP contribution is 2.48. The van der Waals surface area contributed by atoms with E-state index in [4.69, 9.17) is 15.1 Å². The van der Waals surface area contributed by atoms with Gasteiger partial charge in [0.2, 0.25) is 0 Å². The highest BCUT2D eigenvalue weighted by molar-refractivity contribution is 6.51. The van der Waals surface area contributed by atoms with Crippen LogP contribution in [0.4, 0.5) is 22.9 Å². The predicted molar refractivity (Wildman–Crippen MR) is 164 cm³/mol. The van der Waals surface area contributed by atoms with Gasteiger partial charge in [-0.25, -0.2) is 14.7 Å². The minimum absolute atomic E-state index is 0.131. The summed E-state index contributed by atoms with van der Waals surface area (Å²) in [5.74, 6) is 2.32. The maximum Gasteiger partial charge on any atom is 0.179 e. The third-order valence-corrected chi connectivity index (χ3v) is 7.68. The minimum atomic E-state index is -0.131. The SMILES string of the molecule is Cc1ccc(-n2nc(C)c3c2N=C2C(Nc4cccc(C)c4)=Nc4ccccc4N2C3c2ccccc2C)cc1. The van der Waals surface area contributed by atoms with Crippen LogP contribution in [-0.2, 0) is 0 Å². The molecule has 40 heavy (non-hydrogen) atoms. The number of nitrogens with zero attached hydrogens (tertiary/aromatic N) is 5. The highest BCUT2D eigenvalue weighted by atomic mass is 15.4. The van der Waals surface area contributed by atoms with Crippen LogP contribution in [-0.4, -0.2) is 21.5 Å². The standard InChI is InChI=1S/C34H30N6/c1-21-16-18-26(19-17-21)40-33-30(24(4)38-40)31(27-13-6-5-11-23(27)3)39-29-15-8-7-14-28(29)36-32(34(39)37-33)35-25-12-9-10-22(2)20-25/h5-20,31H,1-4H3,(H,35,36). The maximum atomic E-state index is 5.34. The molecule has 196 valence electrons. The Bertz CT molecular complexity index is 1830. The van der Waals surface area contributed by atoms with Crippen LogP contribution >= 0.6 is 0 Å². The molecule has 5 aromatic rings. The monoisotopic (exact) mass is 522 g/mol. The molecule has 1 aromatic heterocycles. The molecule has 4 aromatic carbocycles. The van der Waals surface area contributed by atoms with Crippen molar-refractivity contribution in [3.63, 3.8) is 0 Å². The summed E-state index contributed by atoms with van der Waals surface area (Å²) >= 11 is 0. The summed E-state index contributed by atoms with van der Waals surface area (Å²) in [5.41, 5.74) is 10.8. The number of anilines is 2. The van der Waals surface area contributed by atoms with Gasteiger partial charge in [-0.15, -0.1) is 0 Å². The lowest BCUT2D eigenvalue weighted by Gasteiger charge is -2.41. The highest BCUT2D eigenvalue weighted by Gasteiger charge is 2.41. The number of rotatable bonds is 3. The third kappa shape index (κ3) is 3.92. The van der Waals surface area contributed by atoms with E-state index in [9.17, 15) is 0 Å². The van der Waals surface area contributed by atoms with Crippen LogP contribution in [0.3, 0.4) is 0 Å². The number of hydrogen-bond acceptors (Lipinski definition) is 5. The largest absolute Gasteiger partial charge is 0.337 e. The van der Waals surface area contributed by atoms with Crippen LogP contribution in [0, 0.1) is 27.7 Å².